The van der Waals surface area contributed by atoms with Crippen molar-refractivity contribution in [3.8, 4) is 0 Å². The maximum atomic E-state index is 11.4. The number of nitrogens with zero attached hydrogens (tertiary/aromatic N) is 3. The number of fused-ring (bicyclic) bond motifs is 1. The number of hydrogen-bond donors (Lipinski definition) is 2. The van der Waals surface area contributed by atoms with Crippen LogP contribution in [-0.4, -0.2) is 51.6 Å². The molecule has 1 aliphatic rings. The molecule has 20 heavy (non-hydrogen) atoms. The topological polar surface area (TPSA) is 72.5 Å². The first kappa shape index (κ1) is 14.8. The number of hydrogen-bond acceptors (Lipinski definition) is 3. The van der Waals surface area contributed by atoms with Crippen LogP contribution in [0.15, 0.2) is 0 Å². The van der Waals surface area contributed by atoms with Crippen LogP contribution >= 0.6 is 0 Å². The molecule has 6 nitrogen and oxygen atoms in total. The van der Waals surface area contributed by atoms with Crippen LogP contribution in [0.5, 0.6) is 0 Å². The van der Waals surface area contributed by atoms with Crippen molar-refractivity contribution in [2.45, 2.75) is 39.3 Å². The minimum atomic E-state index is -0.862. The highest BCUT2D eigenvalue weighted by molar-refractivity contribution is 5.66. The van der Waals surface area contributed by atoms with E-state index in [1.807, 2.05) is 27.9 Å². The first-order chi connectivity index (χ1) is 9.32. The first-order valence-electron chi connectivity index (χ1n) is 7.07. The predicted molar refractivity (Wildman–Crippen MR) is 76.7 cm³/mol. The van der Waals surface area contributed by atoms with Gasteiger partial charge in [0, 0.05) is 18.7 Å². The molecule has 0 saturated heterocycles. The highest BCUT2D eigenvalue weighted by Crippen LogP contribution is 2.34. The number of rotatable bonds is 3. The van der Waals surface area contributed by atoms with Crippen LogP contribution in [-0.2, 0) is 6.42 Å². The number of H-pyrrole nitrogens is 1. The fraction of sp³-hybridized carbons (Fsp3) is 0.714. The van der Waals surface area contributed by atoms with Gasteiger partial charge in [-0.3, -0.25) is 9.80 Å². The van der Waals surface area contributed by atoms with Crippen molar-refractivity contribution in [1.82, 2.24) is 19.8 Å². The van der Waals surface area contributed by atoms with E-state index in [1.54, 1.807) is 0 Å². The van der Waals surface area contributed by atoms with Crippen molar-refractivity contribution < 1.29 is 9.90 Å². The first-order valence-corrected chi connectivity index (χ1v) is 7.07. The number of imidazole rings is 1. The van der Waals surface area contributed by atoms with Gasteiger partial charge in [0.1, 0.15) is 5.82 Å². The average molecular weight is 280 g/mol. The number of carboxylic acid groups (broad SMARTS) is 1. The zero-order chi connectivity index (χ0) is 15.0. The van der Waals surface area contributed by atoms with Crippen LogP contribution in [0.3, 0.4) is 0 Å². The van der Waals surface area contributed by atoms with E-state index in [-0.39, 0.29) is 18.0 Å². The van der Waals surface area contributed by atoms with Gasteiger partial charge in [-0.2, -0.15) is 0 Å². The third-order valence-corrected chi connectivity index (χ3v) is 4.10. The van der Waals surface area contributed by atoms with Gasteiger partial charge in [0.15, 0.2) is 0 Å². The number of amides is 1. The van der Waals surface area contributed by atoms with Gasteiger partial charge in [0.05, 0.1) is 17.8 Å². The summed E-state index contributed by atoms with van der Waals surface area (Å²) in [4.78, 5) is 23.1. The van der Waals surface area contributed by atoms with Crippen molar-refractivity contribution >= 4 is 6.09 Å². The Hall–Kier alpha value is -1.56. The molecule has 0 aliphatic carbocycles. The zero-order valence-electron chi connectivity index (χ0n) is 12.8. The molecule has 1 aliphatic heterocycles. The van der Waals surface area contributed by atoms with E-state index < -0.39 is 6.09 Å². The van der Waals surface area contributed by atoms with E-state index in [0.717, 1.165) is 17.2 Å². The summed E-state index contributed by atoms with van der Waals surface area (Å²) in [6.45, 7) is 6.70. The molecule has 6 heteroatoms. The summed E-state index contributed by atoms with van der Waals surface area (Å²) < 4.78 is 0. The molecule has 0 spiro atoms. The standard InChI is InChI=1S/C14H24N4O2/c1-8(2)12-11-10(6-7-18(12)14(19)20)15-13(16-11)9(3)17(4)5/h8-9,12H,6-7H2,1-5H3,(H,15,16)(H,19,20). The highest BCUT2D eigenvalue weighted by Gasteiger charge is 2.36. The quantitative estimate of drug-likeness (QED) is 0.891. The van der Waals surface area contributed by atoms with Crippen LogP contribution < -0.4 is 0 Å². The molecule has 2 atom stereocenters. The summed E-state index contributed by atoms with van der Waals surface area (Å²) in [6.07, 6.45) is -0.155. The smallest absolute Gasteiger partial charge is 0.407 e. The Balaban J connectivity index is 2.39. The molecule has 0 saturated carbocycles. The third-order valence-electron chi connectivity index (χ3n) is 4.10. The lowest BCUT2D eigenvalue weighted by Crippen LogP contribution is -2.41. The van der Waals surface area contributed by atoms with Gasteiger partial charge >= 0.3 is 6.09 Å². The second kappa shape index (κ2) is 5.44. The van der Waals surface area contributed by atoms with Crippen LogP contribution in [0, 0.1) is 5.92 Å². The Morgan fingerprint density at radius 3 is 2.60 bits per heavy atom. The fourth-order valence-electron chi connectivity index (χ4n) is 2.73. The minimum Gasteiger partial charge on any atom is -0.465 e. The molecule has 112 valence electrons. The van der Waals surface area contributed by atoms with E-state index in [9.17, 15) is 9.90 Å². The van der Waals surface area contributed by atoms with Gasteiger partial charge in [0.25, 0.3) is 0 Å². The summed E-state index contributed by atoms with van der Waals surface area (Å²) in [6, 6.07) is 0.0299. The Kier molecular flexibility index (Phi) is 4.04. The fourth-order valence-corrected chi connectivity index (χ4v) is 2.73. The van der Waals surface area contributed by atoms with Gasteiger partial charge in [0.2, 0.25) is 0 Å². The van der Waals surface area contributed by atoms with Crippen LogP contribution in [0.25, 0.3) is 0 Å². The average Bonchev–Trinajstić information content (AvgIpc) is 2.79. The summed E-state index contributed by atoms with van der Waals surface area (Å²) in [5.74, 6) is 1.12. The van der Waals surface area contributed by atoms with Gasteiger partial charge < -0.3 is 10.1 Å². The zero-order valence-corrected chi connectivity index (χ0v) is 12.8. The number of carbonyl (C=O) groups is 1. The Morgan fingerprint density at radius 2 is 2.10 bits per heavy atom. The molecule has 1 aromatic rings. The molecule has 0 aromatic carbocycles. The monoisotopic (exact) mass is 280 g/mol. The molecular weight excluding hydrogens is 256 g/mol. The van der Waals surface area contributed by atoms with E-state index in [2.05, 4.69) is 16.8 Å². The summed E-state index contributed by atoms with van der Waals surface area (Å²) in [5, 5.41) is 9.37. The van der Waals surface area contributed by atoms with E-state index in [1.165, 1.54) is 4.90 Å². The second-order valence-corrected chi connectivity index (χ2v) is 6.04. The third kappa shape index (κ3) is 2.52. The van der Waals surface area contributed by atoms with Crippen molar-refractivity contribution in [1.29, 1.82) is 0 Å². The van der Waals surface area contributed by atoms with Gasteiger partial charge in [-0.05, 0) is 26.9 Å². The molecule has 0 fully saturated rings. The molecule has 2 N–H and O–H groups in total. The second-order valence-electron chi connectivity index (χ2n) is 6.04. The molecule has 2 rings (SSSR count). The Labute approximate surface area is 119 Å². The van der Waals surface area contributed by atoms with Crippen molar-refractivity contribution in [3.05, 3.63) is 17.2 Å². The lowest BCUT2D eigenvalue weighted by molar-refractivity contribution is 0.103. The Bertz CT molecular complexity index is 495. The molecular formula is C14H24N4O2. The van der Waals surface area contributed by atoms with E-state index >= 15 is 0 Å². The van der Waals surface area contributed by atoms with Gasteiger partial charge in [-0.15, -0.1) is 0 Å². The largest absolute Gasteiger partial charge is 0.465 e. The van der Waals surface area contributed by atoms with Gasteiger partial charge in [-0.1, -0.05) is 13.8 Å². The van der Waals surface area contributed by atoms with Crippen LogP contribution in [0.2, 0.25) is 0 Å². The predicted octanol–water partition coefficient (Wildman–Crippen LogP) is 2.27. The molecule has 2 unspecified atom stereocenters. The normalized spacial score (nSPS) is 20.4. The number of aromatic amines is 1. The van der Waals surface area contributed by atoms with Crippen molar-refractivity contribution in [3.63, 3.8) is 0 Å². The SMILES string of the molecule is CC(C)C1c2nc(C(C)N(C)C)[nH]c2CCN1C(=O)O. The molecule has 0 bridgehead atoms. The molecule has 1 amide bonds. The molecule has 2 heterocycles. The number of aromatic nitrogens is 2. The maximum Gasteiger partial charge on any atom is 0.407 e. The maximum absolute atomic E-state index is 11.4. The van der Waals surface area contributed by atoms with Crippen LogP contribution in [0.4, 0.5) is 4.79 Å². The minimum absolute atomic E-state index is 0.157. The summed E-state index contributed by atoms with van der Waals surface area (Å²) in [5.41, 5.74) is 1.99. The highest BCUT2D eigenvalue weighted by atomic mass is 16.4. The number of nitrogens with one attached hydrogen (secondary N) is 1. The van der Waals surface area contributed by atoms with Gasteiger partial charge in [-0.25, -0.2) is 9.78 Å². The lowest BCUT2D eigenvalue weighted by atomic mass is 9.94. The Morgan fingerprint density at radius 1 is 1.45 bits per heavy atom. The molecule has 0 radical (unpaired) electrons. The lowest BCUT2D eigenvalue weighted by Gasteiger charge is -2.35. The van der Waals surface area contributed by atoms with E-state index in [4.69, 9.17) is 4.98 Å². The molecule has 1 aromatic heterocycles. The van der Waals surface area contributed by atoms with Crippen molar-refractivity contribution in [2.75, 3.05) is 20.6 Å². The van der Waals surface area contributed by atoms with Crippen molar-refractivity contribution in [2.24, 2.45) is 5.92 Å². The van der Waals surface area contributed by atoms with Crippen LogP contribution in [0.1, 0.15) is 50.1 Å². The van der Waals surface area contributed by atoms with E-state index in [0.29, 0.717) is 13.0 Å². The summed E-state index contributed by atoms with van der Waals surface area (Å²) >= 11 is 0. The summed E-state index contributed by atoms with van der Waals surface area (Å²) in [7, 11) is 4.02.